The third-order valence-corrected chi connectivity index (χ3v) is 5.80. The fourth-order valence-corrected chi connectivity index (χ4v) is 4.19. The van der Waals surface area contributed by atoms with E-state index in [1.165, 1.54) is 27.8 Å². The van der Waals surface area contributed by atoms with Crippen LogP contribution in [0.3, 0.4) is 0 Å². The van der Waals surface area contributed by atoms with Gasteiger partial charge in [0, 0.05) is 35.2 Å². The minimum absolute atomic E-state index is 0.0470. The van der Waals surface area contributed by atoms with Crippen LogP contribution in [-0.2, 0) is 6.42 Å². The Morgan fingerprint density at radius 3 is 3.00 bits per heavy atom. The Morgan fingerprint density at radius 1 is 1.38 bits per heavy atom. The lowest BCUT2D eigenvalue weighted by atomic mass is 10.3. The topological polar surface area (TPSA) is 34.0 Å². The molecule has 108 valence electrons. The van der Waals surface area contributed by atoms with Crippen molar-refractivity contribution in [2.45, 2.75) is 25.3 Å². The number of fused-ring (bicyclic) bond motifs is 1. The van der Waals surface area contributed by atoms with Crippen LogP contribution < -0.4 is 5.32 Å². The number of aromatic nitrogens is 1. The number of amides is 1. The van der Waals surface area contributed by atoms with Gasteiger partial charge in [-0.15, -0.1) is 22.7 Å². The molecule has 1 saturated carbocycles. The summed E-state index contributed by atoms with van der Waals surface area (Å²) >= 11 is 3.32. The lowest BCUT2D eigenvalue weighted by molar-refractivity contribution is 0.0958. The number of nitrogens with one attached hydrogen (secondary N) is 1. The van der Waals surface area contributed by atoms with E-state index in [4.69, 9.17) is 0 Å². The van der Waals surface area contributed by atoms with Gasteiger partial charge in [-0.3, -0.25) is 4.79 Å². The Balaban J connectivity index is 1.40. The molecule has 1 aliphatic carbocycles. The number of carbonyl (C=O) groups excluding carboxylic acids is 1. The zero-order chi connectivity index (χ0) is 14.2. The summed E-state index contributed by atoms with van der Waals surface area (Å²) in [4.78, 5) is 14.3. The highest BCUT2D eigenvalue weighted by Crippen LogP contribution is 2.38. The Hall–Kier alpha value is -1.59. The summed E-state index contributed by atoms with van der Waals surface area (Å²) in [6.07, 6.45) is 7.84. The second kappa shape index (κ2) is 5.31. The maximum atomic E-state index is 12.2. The molecule has 1 N–H and O–H groups in total. The van der Waals surface area contributed by atoms with E-state index in [2.05, 4.69) is 33.7 Å². The number of hydrogen-bond donors (Lipinski definition) is 1. The van der Waals surface area contributed by atoms with Crippen LogP contribution in [0.1, 0.15) is 33.4 Å². The molecule has 4 rings (SSSR count). The zero-order valence-electron chi connectivity index (χ0n) is 11.5. The Bertz CT molecular complexity index is 734. The molecule has 3 aromatic rings. The average Bonchev–Trinajstić information content (AvgIpc) is 2.87. The summed E-state index contributed by atoms with van der Waals surface area (Å²) < 4.78 is 3.50. The molecule has 21 heavy (non-hydrogen) atoms. The van der Waals surface area contributed by atoms with E-state index in [1.54, 1.807) is 22.7 Å². The summed E-state index contributed by atoms with van der Waals surface area (Å²) in [6, 6.07) is 6.86. The van der Waals surface area contributed by atoms with Crippen molar-refractivity contribution < 1.29 is 4.79 Å². The van der Waals surface area contributed by atoms with Gasteiger partial charge in [0.2, 0.25) is 0 Å². The van der Waals surface area contributed by atoms with E-state index in [0.717, 1.165) is 11.3 Å². The second-order valence-electron chi connectivity index (χ2n) is 5.45. The normalized spacial score (nSPS) is 14.7. The van der Waals surface area contributed by atoms with Crippen LogP contribution in [0.15, 0.2) is 36.0 Å². The standard InChI is InChI=1S/C16H16N2OS2/c19-16(17-6-5-13-2-1-7-20-13)14-8-11-9-18(12-3-4-12)10-15(11)21-14/h1-2,7-10,12H,3-6H2,(H,17,19). The Morgan fingerprint density at radius 2 is 2.29 bits per heavy atom. The molecule has 0 aromatic carbocycles. The van der Waals surface area contributed by atoms with Crippen molar-refractivity contribution in [1.29, 1.82) is 0 Å². The third-order valence-electron chi connectivity index (χ3n) is 3.77. The first-order valence-corrected chi connectivity index (χ1v) is 8.91. The second-order valence-corrected chi connectivity index (χ2v) is 7.57. The van der Waals surface area contributed by atoms with Crippen LogP contribution in [0.2, 0.25) is 0 Å². The van der Waals surface area contributed by atoms with Gasteiger partial charge in [0.05, 0.1) is 9.58 Å². The van der Waals surface area contributed by atoms with Crippen molar-refractivity contribution in [1.82, 2.24) is 9.88 Å². The van der Waals surface area contributed by atoms with Crippen molar-refractivity contribution in [3.63, 3.8) is 0 Å². The number of rotatable bonds is 5. The van der Waals surface area contributed by atoms with E-state index in [1.807, 2.05) is 12.1 Å². The van der Waals surface area contributed by atoms with Crippen LogP contribution in [0.5, 0.6) is 0 Å². The first-order chi connectivity index (χ1) is 10.3. The predicted octanol–water partition coefficient (Wildman–Crippen LogP) is 4.07. The summed E-state index contributed by atoms with van der Waals surface area (Å²) in [5.41, 5.74) is 0. The Kier molecular flexibility index (Phi) is 3.31. The third kappa shape index (κ3) is 2.76. The number of hydrogen-bond acceptors (Lipinski definition) is 3. The quantitative estimate of drug-likeness (QED) is 0.756. The van der Waals surface area contributed by atoms with Crippen LogP contribution in [-0.4, -0.2) is 17.0 Å². The molecular weight excluding hydrogens is 300 g/mol. The molecule has 0 saturated heterocycles. The lowest BCUT2D eigenvalue weighted by Crippen LogP contribution is -2.24. The SMILES string of the molecule is O=C(NCCc1cccs1)c1cc2cn(C3CC3)cc2s1. The van der Waals surface area contributed by atoms with Crippen LogP contribution in [0.4, 0.5) is 0 Å². The minimum Gasteiger partial charge on any atom is -0.351 e. The largest absolute Gasteiger partial charge is 0.351 e. The molecule has 0 radical (unpaired) electrons. The lowest BCUT2D eigenvalue weighted by Gasteiger charge is -2.02. The maximum absolute atomic E-state index is 12.2. The van der Waals surface area contributed by atoms with Gasteiger partial charge < -0.3 is 9.88 Å². The fraction of sp³-hybridized carbons (Fsp3) is 0.312. The first kappa shape index (κ1) is 13.1. The highest BCUT2D eigenvalue weighted by molar-refractivity contribution is 7.20. The van der Waals surface area contributed by atoms with E-state index in [9.17, 15) is 4.79 Å². The summed E-state index contributed by atoms with van der Waals surface area (Å²) in [6.45, 7) is 0.698. The monoisotopic (exact) mass is 316 g/mol. The molecule has 0 aliphatic heterocycles. The van der Waals surface area contributed by atoms with E-state index in [-0.39, 0.29) is 5.91 Å². The van der Waals surface area contributed by atoms with Gasteiger partial charge in [-0.05, 0) is 36.8 Å². The fourth-order valence-electron chi connectivity index (χ4n) is 2.49. The molecule has 0 atom stereocenters. The molecule has 1 aliphatic rings. The molecule has 1 fully saturated rings. The molecule has 5 heteroatoms. The van der Waals surface area contributed by atoms with Crippen molar-refractivity contribution >= 4 is 38.7 Å². The highest BCUT2D eigenvalue weighted by atomic mass is 32.1. The molecule has 0 bridgehead atoms. The van der Waals surface area contributed by atoms with Gasteiger partial charge in [-0.25, -0.2) is 0 Å². The van der Waals surface area contributed by atoms with Crippen molar-refractivity contribution in [3.8, 4) is 0 Å². The summed E-state index contributed by atoms with van der Waals surface area (Å²) in [5, 5.41) is 6.27. The maximum Gasteiger partial charge on any atom is 0.261 e. The Labute approximate surface area is 131 Å². The van der Waals surface area contributed by atoms with Gasteiger partial charge in [-0.2, -0.15) is 0 Å². The van der Waals surface area contributed by atoms with E-state index in [0.29, 0.717) is 12.6 Å². The predicted molar refractivity (Wildman–Crippen MR) is 88.4 cm³/mol. The number of carbonyl (C=O) groups is 1. The van der Waals surface area contributed by atoms with E-state index < -0.39 is 0 Å². The van der Waals surface area contributed by atoms with E-state index >= 15 is 0 Å². The minimum atomic E-state index is 0.0470. The van der Waals surface area contributed by atoms with Crippen LogP contribution in [0, 0.1) is 0 Å². The molecule has 1 amide bonds. The number of nitrogens with zero attached hydrogens (tertiary/aromatic N) is 1. The van der Waals surface area contributed by atoms with Gasteiger partial charge in [-0.1, -0.05) is 6.07 Å². The zero-order valence-corrected chi connectivity index (χ0v) is 13.2. The first-order valence-electron chi connectivity index (χ1n) is 7.21. The van der Waals surface area contributed by atoms with Crippen LogP contribution >= 0.6 is 22.7 Å². The molecule has 3 aromatic heterocycles. The van der Waals surface area contributed by atoms with Crippen LogP contribution in [0.25, 0.3) is 10.1 Å². The number of thiophene rings is 2. The van der Waals surface area contributed by atoms with Gasteiger partial charge in [0.25, 0.3) is 5.91 Å². The van der Waals surface area contributed by atoms with Crippen molar-refractivity contribution in [2.75, 3.05) is 6.54 Å². The van der Waals surface area contributed by atoms with Crippen molar-refractivity contribution in [3.05, 3.63) is 45.7 Å². The average molecular weight is 316 g/mol. The molecule has 3 heterocycles. The molecular formula is C16H16N2OS2. The van der Waals surface area contributed by atoms with Gasteiger partial charge >= 0.3 is 0 Å². The molecule has 0 spiro atoms. The summed E-state index contributed by atoms with van der Waals surface area (Å²) in [5.74, 6) is 0.0470. The molecule has 3 nitrogen and oxygen atoms in total. The smallest absolute Gasteiger partial charge is 0.261 e. The van der Waals surface area contributed by atoms with Crippen molar-refractivity contribution in [2.24, 2.45) is 0 Å². The highest BCUT2D eigenvalue weighted by Gasteiger charge is 2.23. The molecule has 0 unspecified atom stereocenters. The van der Waals surface area contributed by atoms with Gasteiger partial charge in [0.15, 0.2) is 0 Å². The van der Waals surface area contributed by atoms with Gasteiger partial charge in [0.1, 0.15) is 0 Å². The summed E-state index contributed by atoms with van der Waals surface area (Å²) in [7, 11) is 0.